The summed E-state index contributed by atoms with van der Waals surface area (Å²) in [6.07, 6.45) is 9.44. The van der Waals surface area contributed by atoms with E-state index in [0.717, 1.165) is 24.2 Å². The molecule has 2 aromatic rings. The molecule has 0 unspecified atom stereocenters. The van der Waals surface area contributed by atoms with Crippen LogP contribution < -0.4 is 5.32 Å². The SMILES string of the molecule is CCc1nccn1CCC(=O)N[C@H](C)Cc1cccnc1. The summed E-state index contributed by atoms with van der Waals surface area (Å²) in [4.78, 5) is 20.3. The number of rotatable bonds is 7. The Labute approximate surface area is 125 Å². The van der Waals surface area contributed by atoms with Crippen molar-refractivity contribution in [1.29, 1.82) is 0 Å². The third-order valence-corrected chi connectivity index (χ3v) is 3.37. The fraction of sp³-hybridized carbons (Fsp3) is 0.438. The molecule has 5 nitrogen and oxygen atoms in total. The van der Waals surface area contributed by atoms with Crippen molar-refractivity contribution in [2.45, 2.75) is 45.7 Å². The van der Waals surface area contributed by atoms with Crippen LogP contribution in [0.3, 0.4) is 0 Å². The molecule has 2 aromatic heterocycles. The number of carbonyl (C=O) groups excluding carboxylic acids is 1. The fourth-order valence-electron chi connectivity index (χ4n) is 2.35. The zero-order valence-electron chi connectivity index (χ0n) is 12.6. The lowest BCUT2D eigenvalue weighted by molar-refractivity contribution is -0.121. The van der Waals surface area contributed by atoms with Gasteiger partial charge in [-0.25, -0.2) is 4.98 Å². The number of pyridine rings is 1. The minimum Gasteiger partial charge on any atom is -0.353 e. The molecule has 0 saturated carbocycles. The molecule has 0 radical (unpaired) electrons. The predicted molar refractivity (Wildman–Crippen MR) is 81.8 cm³/mol. The molecule has 5 heteroatoms. The van der Waals surface area contributed by atoms with Gasteiger partial charge in [-0.1, -0.05) is 13.0 Å². The average molecular weight is 286 g/mol. The smallest absolute Gasteiger partial charge is 0.222 e. The van der Waals surface area contributed by atoms with E-state index in [2.05, 4.69) is 22.2 Å². The van der Waals surface area contributed by atoms with Gasteiger partial charge in [0, 0.05) is 50.2 Å². The third-order valence-electron chi connectivity index (χ3n) is 3.37. The summed E-state index contributed by atoms with van der Waals surface area (Å²) in [6, 6.07) is 4.04. The summed E-state index contributed by atoms with van der Waals surface area (Å²) in [5, 5.41) is 3.03. The second kappa shape index (κ2) is 7.57. The highest BCUT2D eigenvalue weighted by molar-refractivity contribution is 5.76. The number of hydrogen-bond donors (Lipinski definition) is 1. The number of hydrogen-bond acceptors (Lipinski definition) is 3. The first-order chi connectivity index (χ1) is 10.2. The van der Waals surface area contributed by atoms with Crippen molar-refractivity contribution >= 4 is 5.91 Å². The van der Waals surface area contributed by atoms with Gasteiger partial charge in [-0.2, -0.15) is 0 Å². The summed E-state index contributed by atoms with van der Waals surface area (Å²) in [5.41, 5.74) is 1.13. The van der Waals surface area contributed by atoms with E-state index in [1.165, 1.54) is 0 Å². The van der Waals surface area contributed by atoms with E-state index >= 15 is 0 Å². The van der Waals surface area contributed by atoms with Crippen LogP contribution in [-0.4, -0.2) is 26.5 Å². The summed E-state index contributed by atoms with van der Waals surface area (Å²) in [7, 11) is 0. The molecule has 2 heterocycles. The van der Waals surface area contributed by atoms with E-state index in [1.54, 1.807) is 12.4 Å². The van der Waals surface area contributed by atoms with E-state index in [4.69, 9.17) is 0 Å². The topological polar surface area (TPSA) is 59.8 Å². The number of carbonyl (C=O) groups is 1. The van der Waals surface area contributed by atoms with Crippen LogP contribution in [0.2, 0.25) is 0 Å². The van der Waals surface area contributed by atoms with Crippen LogP contribution in [0.25, 0.3) is 0 Å². The van der Waals surface area contributed by atoms with Gasteiger partial charge in [-0.3, -0.25) is 9.78 Å². The largest absolute Gasteiger partial charge is 0.353 e. The lowest BCUT2D eigenvalue weighted by Gasteiger charge is -2.14. The fourth-order valence-corrected chi connectivity index (χ4v) is 2.35. The molecule has 1 N–H and O–H groups in total. The normalized spacial score (nSPS) is 12.1. The maximum atomic E-state index is 12.0. The van der Waals surface area contributed by atoms with E-state index in [9.17, 15) is 4.79 Å². The van der Waals surface area contributed by atoms with Gasteiger partial charge in [-0.15, -0.1) is 0 Å². The van der Waals surface area contributed by atoms with Crippen LogP contribution in [-0.2, 0) is 24.2 Å². The Morgan fingerprint density at radius 3 is 3.00 bits per heavy atom. The maximum Gasteiger partial charge on any atom is 0.222 e. The molecule has 0 fully saturated rings. The van der Waals surface area contributed by atoms with E-state index < -0.39 is 0 Å². The van der Waals surface area contributed by atoms with E-state index in [-0.39, 0.29) is 11.9 Å². The lowest BCUT2D eigenvalue weighted by Crippen LogP contribution is -2.34. The van der Waals surface area contributed by atoms with Gasteiger partial charge < -0.3 is 9.88 Å². The second-order valence-electron chi connectivity index (χ2n) is 5.17. The van der Waals surface area contributed by atoms with Crippen molar-refractivity contribution in [1.82, 2.24) is 19.9 Å². The van der Waals surface area contributed by atoms with Crippen molar-refractivity contribution in [3.05, 3.63) is 48.3 Å². The Morgan fingerprint density at radius 1 is 1.43 bits per heavy atom. The molecule has 112 valence electrons. The standard InChI is InChI=1S/C16H22N4O/c1-3-15-18-8-10-20(15)9-6-16(21)19-13(2)11-14-5-4-7-17-12-14/h4-5,7-8,10,12-13H,3,6,9,11H2,1-2H3,(H,19,21)/t13-/m1/s1. The molecule has 0 aliphatic heterocycles. The van der Waals surface area contributed by atoms with Gasteiger partial charge in [0.25, 0.3) is 0 Å². The highest BCUT2D eigenvalue weighted by atomic mass is 16.1. The number of nitrogens with zero attached hydrogens (tertiary/aromatic N) is 3. The molecule has 0 bridgehead atoms. The molecule has 1 atom stereocenters. The summed E-state index contributed by atoms with van der Waals surface area (Å²) in [5.74, 6) is 1.09. The van der Waals surface area contributed by atoms with Crippen LogP contribution >= 0.6 is 0 Å². The number of imidazole rings is 1. The Morgan fingerprint density at radius 2 is 2.29 bits per heavy atom. The van der Waals surface area contributed by atoms with Gasteiger partial charge in [0.1, 0.15) is 5.82 Å². The molecular formula is C16H22N4O. The Bertz CT molecular complexity index is 565. The van der Waals surface area contributed by atoms with Crippen LogP contribution in [0.15, 0.2) is 36.9 Å². The zero-order valence-corrected chi connectivity index (χ0v) is 12.6. The van der Waals surface area contributed by atoms with Crippen molar-refractivity contribution in [3.8, 4) is 0 Å². The molecule has 0 aliphatic rings. The van der Waals surface area contributed by atoms with Crippen molar-refractivity contribution in [2.75, 3.05) is 0 Å². The minimum absolute atomic E-state index is 0.0714. The van der Waals surface area contributed by atoms with Crippen molar-refractivity contribution in [3.63, 3.8) is 0 Å². The maximum absolute atomic E-state index is 12.0. The van der Waals surface area contributed by atoms with Gasteiger partial charge in [0.05, 0.1) is 0 Å². The molecule has 21 heavy (non-hydrogen) atoms. The monoisotopic (exact) mass is 286 g/mol. The van der Waals surface area contributed by atoms with Gasteiger partial charge in [0.2, 0.25) is 5.91 Å². The van der Waals surface area contributed by atoms with Gasteiger partial charge in [0.15, 0.2) is 0 Å². The highest BCUT2D eigenvalue weighted by Gasteiger charge is 2.09. The number of amides is 1. The van der Waals surface area contributed by atoms with Crippen LogP contribution in [0.1, 0.15) is 31.7 Å². The van der Waals surface area contributed by atoms with Crippen LogP contribution in [0, 0.1) is 0 Å². The first-order valence-electron chi connectivity index (χ1n) is 7.37. The van der Waals surface area contributed by atoms with Gasteiger partial charge >= 0.3 is 0 Å². The Balaban J connectivity index is 1.76. The molecule has 0 spiro atoms. The summed E-state index contributed by atoms with van der Waals surface area (Å²) < 4.78 is 2.03. The first-order valence-corrected chi connectivity index (χ1v) is 7.37. The number of aryl methyl sites for hydroxylation is 2. The molecule has 1 amide bonds. The van der Waals surface area contributed by atoms with Crippen molar-refractivity contribution in [2.24, 2.45) is 0 Å². The summed E-state index contributed by atoms with van der Waals surface area (Å²) in [6.45, 7) is 4.75. The molecule has 0 aromatic carbocycles. The lowest BCUT2D eigenvalue weighted by atomic mass is 10.1. The quantitative estimate of drug-likeness (QED) is 0.846. The molecule has 2 rings (SSSR count). The molecular weight excluding hydrogens is 264 g/mol. The average Bonchev–Trinajstić information content (AvgIpc) is 2.93. The van der Waals surface area contributed by atoms with E-state index in [1.807, 2.05) is 36.0 Å². The highest BCUT2D eigenvalue weighted by Crippen LogP contribution is 2.03. The van der Waals surface area contributed by atoms with E-state index in [0.29, 0.717) is 13.0 Å². The van der Waals surface area contributed by atoms with Crippen molar-refractivity contribution < 1.29 is 4.79 Å². The molecule has 0 saturated heterocycles. The number of nitrogens with one attached hydrogen (secondary N) is 1. The first kappa shape index (κ1) is 15.2. The number of aromatic nitrogens is 3. The minimum atomic E-state index is 0.0714. The Kier molecular flexibility index (Phi) is 5.49. The molecule has 0 aliphatic carbocycles. The van der Waals surface area contributed by atoms with Crippen LogP contribution in [0.4, 0.5) is 0 Å². The Hall–Kier alpha value is -2.17. The third kappa shape index (κ3) is 4.70. The summed E-state index contributed by atoms with van der Waals surface area (Å²) >= 11 is 0. The van der Waals surface area contributed by atoms with Crippen LogP contribution in [0.5, 0.6) is 0 Å². The second-order valence-corrected chi connectivity index (χ2v) is 5.17. The predicted octanol–water partition coefficient (Wildman–Crippen LogP) is 1.98. The zero-order chi connectivity index (χ0) is 15.1. The van der Waals surface area contributed by atoms with Gasteiger partial charge in [-0.05, 0) is 25.0 Å².